The molecule has 1 saturated carbocycles. The molecule has 1 heterocycles. The Kier molecular flexibility index (Phi) is 4.23. The van der Waals surface area contributed by atoms with Gasteiger partial charge in [0.1, 0.15) is 11.4 Å². The van der Waals surface area contributed by atoms with Gasteiger partial charge in [0.05, 0.1) is 13.2 Å². The molecule has 1 saturated heterocycles. The van der Waals surface area contributed by atoms with Gasteiger partial charge < -0.3 is 9.47 Å². The molecular formula is C18H27NO2. The highest BCUT2D eigenvalue weighted by atomic mass is 16.5. The van der Waals surface area contributed by atoms with E-state index in [4.69, 9.17) is 9.47 Å². The first-order valence-electron chi connectivity index (χ1n) is 8.21. The van der Waals surface area contributed by atoms with Gasteiger partial charge in [0.2, 0.25) is 0 Å². The molecule has 0 N–H and O–H groups in total. The normalized spacial score (nSPS) is 33.5. The lowest BCUT2D eigenvalue weighted by Gasteiger charge is -2.51. The number of morpholine rings is 1. The maximum atomic E-state index is 6.69. The van der Waals surface area contributed by atoms with Gasteiger partial charge in [0.15, 0.2) is 0 Å². The zero-order chi connectivity index (χ0) is 14.9. The van der Waals surface area contributed by atoms with Crippen molar-refractivity contribution in [1.29, 1.82) is 0 Å². The minimum atomic E-state index is -0.193. The molecule has 2 unspecified atom stereocenters. The second kappa shape index (κ2) is 5.98. The fourth-order valence-electron chi connectivity index (χ4n) is 4.03. The van der Waals surface area contributed by atoms with E-state index in [-0.39, 0.29) is 5.60 Å². The highest BCUT2D eigenvalue weighted by molar-refractivity contribution is 5.33. The summed E-state index contributed by atoms with van der Waals surface area (Å²) in [6.07, 6.45) is 6.48. The number of methoxy groups -OCH3 is 1. The fourth-order valence-corrected chi connectivity index (χ4v) is 4.03. The van der Waals surface area contributed by atoms with Crippen LogP contribution >= 0.6 is 0 Å². The number of ether oxygens (including phenoxy) is 2. The minimum Gasteiger partial charge on any atom is -0.497 e. The van der Waals surface area contributed by atoms with Gasteiger partial charge in [-0.25, -0.2) is 0 Å². The van der Waals surface area contributed by atoms with Crippen LogP contribution in [0.4, 0.5) is 0 Å². The molecule has 1 aromatic carbocycles. The average molecular weight is 289 g/mol. The third-order valence-corrected chi connectivity index (χ3v) is 5.28. The van der Waals surface area contributed by atoms with Gasteiger partial charge in [-0.05, 0) is 44.0 Å². The molecule has 3 rings (SSSR count). The zero-order valence-corrected chi connectivity index (χ0v) is 13.5. The van der Waals surface area contributed by atoms with Crippen LogP contribution in [-0.4, -0.2) is 37.7 Å². The summed E-state index contributed by atoms with van der Waals surface area (Å²) < 4.78 is 12.1. The van der Waals surface area contributed by atoms with Gasteiger partial charge in [-0.15, -0.1) is 0 Å². The molecule has 0 radical (unpaired) electrons. The third kappa shape index (κ3) is 2.69. The molecule has 3 heteroatoms. The van der Waals surface area contributed by atoms with E-state index < -0.39 is 0 Å². The summed E-state index contributed by atoms with van der Waals surface area (Å²) in [5.74, 6) is 0.914. The van der Waals surface area contributed by atoms with Gasteiger partial charge in [0, 0.05) is 12.6 Å². The van der Waals surface area contributed by atoms with Gasteiger partial charge >= 0.3 is 0 Å². The maximum Gasteiger partial charge on any atom is 0.119 e. The Hall–Kier alpha value is -1.06. The van der Waals surface area contributed by atoms with E-state index in [0.717, 1.165) is 18.7 Å². The first-order chi connectivity index (χ1) is 10.2. The zero-order valence-electron chi connectivity index (χ0n) is 13.5. The molecular weight excluding hydrogens is 262 g/mol. The second-order valence-electron chi connectivity index (χ2n) is 6.50. The van der Waals surface area contributed by atoms with Gasteiger partial charge in [0.25, 0.3) is 0 Å². The Balaban J connectivity index is 1.92. The smallest absolute Gasteiger partial charge is 0.119 e. The summed E-state index contributed by atoms with van der Waals surface area (Å²) >= 11 is 0. The Bertz CT molecular complexity index is 490. The molecule has 3 atom stereocenters. The van der Waals surface area contributed by atoms with Crippen molar-refractivity contribution in [3.05, 3.63) is 29.8 Å². The largest absolute Gasteiger partial charge is 0.497 e. The fraction of sp³-hybridized carbons (Fsp3) is 0.667. The standard InChI is InChI=1S/C18H27NO2/c1-4-18(14-8-7-9-15(12-14)20-3)13-19(2)16-10-5-6-11-17(16)21-18/h7-9,12,16-17H,4-6,10-11,13H2,1-3H3/t16?,17-,18?/m1/s1. The van der Waals surface area contributed by atoms with Crippen LogP contribution in [0.5, 0.6) is 5.75 Å². The summed E-state index contributed by atoms with van der Waals surface area (Å²) in [4.78, 5) is 2.52. The predicted octanol–water partition coefficient (Wildman–Crippen LogP) is 3.57. The number of benzene rings is 1. The number of likely N-dealkylation sites (N-methyl/N-ethyl adjacent to an activating group) is 1. The van der Waals surface area contributed by atoms with E-state index >= 15 is 0 Å². The number of hydrogen-bond donors (Lipinski definition) is 0. The van der Waals surface area contributed by atoms with Crippen molar-refractivity contribution in [3.63, 3.8) is 0 Å². The van der Waals surface area contributed by atoms with Crippen molar-refractivity contribution in [3.8, 4) is 5.75 Å². The van der Waals surface area contributed by atoms with Crippen LogP contribution in [0.1, 0.15) is 44.6 Å². The lowest BCUT2D eigenvalue weighted by Crippen LogP contribution is -2.58. The highest BCUT2D eigenvalue weighted by Gasteiger charge is 2.45. The first kappa shape index (κ1) is 14.9. The number of hydrogen-bond acceptors (Lipinski definition) is 3. The topological polar surface area (TPSA) is 21.7 Å². The summed E-state index contributed by atoms with van der Waals surface area (Å²) in [7, 11) is 3.98. The van der Waals surface area contributed by atoms with E-state index in [1.807, 2.05) is 6.07 Å². The van der Waals surface area contributed by atoms with Crippen molar-refractivity contribution in [2.24, 2.45) is 0 Å². The van der Waals surface area contributed by atoms with Gasteiger partial charge in [-0.3, -0.25) is 4.90 Å². The van der Waals surface area contributed by atoms with Crippen LogP contribution in [0.3, 0.4) is 0 Å². The highest BCUT2D eigenvalue weighted by Crippen LogP contribution is 2.41. The maximum absolute atomic E-state index is 6.69. The predicted molar refractivity (Wildman–Crippen MR) is 84.7 cm³/mol. The lowest BCUT2D eigenvalue weighted by atomic mass is 9.83. The van der Waals surface area contributed by atoms with E-state index in [1.54, 1.807) is 7.11 Å². The third-order valence-electron chi connectivity index (χ3n) is 5.28. The molecule has 1 aliphatic carbocycles. The molecule has 3 nitrogen and oxygen atoms in total. The molecule has 1 aliphatic heterocycles. The summed E-state index contributed by atoms with van der Waals surface area (Å²) in [6, 6.07) is 9.00. The van der Waals surface area contributed by atoms with Crippen molar-refractivity contribution >= 4 is 0 Å². The summed E-state index contributed by atoms with van der Waals surface area (Å²) in [5, 5.41) is 0. The second-order valence-corrected chi connectivity index (χ2v) is 6.50. The van der Waals surface area contributed by atoms with Gasteiger partial charge in [-0.1, -0.05) is 31.9 Å². The molecule has 0 amide bonds. The average Bonchev–Trinajstić information content (AvgIpc) is 2.54. The molecule has 1 aromatic rings. The molecule has 0 bridgehead atoms. The number of rotatable bonds is 3. The van der Waals surface area contributed by atoms with Gasteiger partial charge in [-0.2, -0.15) is 0 Å². The Morgan fingerprint density at radius 2 is 2.14 bits per heavy atom. The van der Waals surface area contributed by atoms with E-state index in [2.05, 4.69) is 37.1 Å². The molecule has 2 aliphatic rings. The molecule has 21 heavy (non-hydrogen) atoms. The van der Waals surface area contributed by atoms with Crippen LogP contribution in [0.15, 0.2) is 24.3 Å². The molecule has 2 fully saturated rings. The van der Waals surface area contributed by atoms with E-state index in [0.29, 0.717) is 12.1 Å². The van der Waals surface area contributed by atoms with Crippen LogP contribution in [0.25, 0.3) is 0 Å². The number of fused-ring (bicyclic) bond motifs is 1. The number of nitrogens with zero attached hydrogens (tertiary/aromatic N) is 1. The SMILES string of the molecule is CCC1(c2cccc(OC)c2)CN(C)C2CCCC[C@H]2O1. The van der Waals surface area contributed by atoms with Crippen LogP contribution < -0.4 is 4.74 Å². The van der Waals surface area contributed by atoms with E-state index in [1.165, 1.54) is 31.2 Å². The quantitative estimate of drug-likeness (QED) is 0.849. The Morgan fingerprint density at radius 3 is 2.90 bits per heavy atom. The van der Waals surface area contributed by atoms with Crippen molar-refractivity contribution in [2.45, 2.75) is 56.8 Å². The Labute approximate surface area is 128 Å². The minimum absolute atomic E-state index is 0.193. The summed E-state index contributed by atoms with van der Waals surface area (Å²) in [6.45, 7) is 3.20. The molecule has 116 valence electrons. The van der Waals surface area contributed by atoms with Crippen molar-refractivity contribution in [2.75, 3.05) is 20.7 Å². The molecule has 0 aromatic heterocycles. The monoisotopic (exact) mass is 289 g/mol. The van der Waals surface area contributed by atoms with Crippen LogP contribution in [-0.2, 0) is 10.3 Å². The summed E-state index contributed by atoms with van der Waals surface area (Å²) in [5.41, 5.74) is 1.06. The van der Waals surface area contributed by atoms with E-state index in [9.17, 15) is 0 Å². The van der Waals surface area contributed by atoms with Crippen LogP contribution in [0.2, 0.25) is 0 Å². The van der Waals surface area contributed by atoms with Crippen molar-refractivity contribution < 1.29 is 9.47 Å². The molecule has 0 spiro atoms. The van der Waals surface area contributed by atoms with Crippen LogP contribution in [0, 0.1) is 0 Å². The van der Waals surface area contributed by atoms with Crippen molar-refractivity contribution in [1.82, 2.24) is 4.90 Å². The Morgan fingerprint density at radius 1 is 1.33 bits per heavy atom. The first-order valence-corrected chi connectivity index (χ1v) is 8.21. The lowest BCUT2D eigenvalue weighted by molar-refractivity contribution is -0.192.